The van der Waals surface area contributed by atoms with E-state index in [1.165, 1.54) is 4.90 Å². The van der Waals surface area contributed by atoms with E-state index in [1.807, 2.05) is 19.0 Å². The van der Waals surface area contributed by atoms with Gasteiger partial charge in [-0.25, -0.2) is 4.79 Å². The van der Waals surface area contributed by atoms with Gasteiger partial charge >= 0.3 is 6.09 Å². The first-order valence-corrected chi connectivity index (χ1v) is 4.81. The highest BCUT2D eigenvalue weighted by Crippen LogP contribution is 2.17. The molecule has 2 N–H and O–H groups in total. The SMILES string of the molecule is CN(C)CC1CN(C(=O)O)CCC1O. The summed E-state index contributed by atoms with van der Waals surface area (Å²) in [7, 11) is 3.85. The number of carboxylic acid groups (broad SMARTS) is 1. The lowest BCUT2D eigenvalue weighted by molar-refractivity contribution is 0.0194. The summed E-state index contributed by atoms with van der Waals surface area (Å²) in [6.45, 7) is 1.61. The van der Waals surface area contributed by atoms with Crippen LogP contribution in [0.3, 0.4) is 0 Å². The van der Waals surface area contributed by atoms with Crippen molar-refractivity contribution in [2.75, 3.05) is 33.7 Å². The number of aliphatic hydroxyl groups excluding tert-OH is 1. The van der Waals surface area contributed by atoms with Crippen LogP contribution in [-0.2, 0) is 0 Å². The number of aliphatic hydroxyl groups is 1. The van der Waals surface area contributed by atoms with Gasteiger partial charge in [0.1, 0.15) is 0 Å². The second-order valence-electron chi connectivity index (χ2n) is 4.11. The molecule has 1 rings (SSSR count). The molecule has 1 heterocycles. The van der Waals surface area contributed by atoms with E-state index in [2.05, 4.69) is 0 Å². The van der Waals surface area contributed by atoms with Crippen LogP contribution in [0.4, 0.5) is 4.79 Å². The Balaban J connectivity index is 2.50. The molecule has 1 saturated heterocycles. The van der Waals surface area contributed by atoms with Crippen LogP contribution in [0.15, 0.2) is 0 Å². The van der Waals surface area contributed by atoms with Gasteiger partial charge in [-0.05, 0) is 20.5 Å². The first-order chi connectivity index (χ1) is 6.50. The zero-order chi connectivity index (χ0) is 10.7. The summed E-state index contributed by atoms with van der Waals surface area (Å²) in [5.74, 6) is 0.0369. The van der Waals surface area contributed by atoms with Gasteiger partial charge in [0.2, 0.25) is 0 Å². The van der Waals surface area contributed by atoms with Crippen molar-refractivity contribution in [3.05, 3.63) is 0 Å². The number of carbonyl (C=O) groups is 1. The molecule has 5 heteroatoms. The van der Waals surface area contributed by atoms with Gasteiger partial charge in [-0.3, -0.25) is 0 Å². The molecule has 2 atom stereocenters. The number of rotatable bonds is 2. The van der Waals surface area contributed by atoms with Crippen molar-refractivity contribution in [1.82, 2.24) is 9.80 Å². The Morgan fingerprint density at radius 1 is 1.57 bits per heavy atom. The van der Waals surface area contributed by atoms with E-state index in [4.69, 9.17) is 5.11 Å². The third kappa shape index (κ3) is 2.85. The van der Waals surface area contributed by atoms with Gasteiger partial charge in [0.15, 0.2) is 0 Å². The molecule has 1 fully saturated rings. The van der Waals surface area contributed by atoms with Gasteiger partial charge < -0.3 is 20.0 Å². The van der Waals surface area contributed by atoms with Crippen LogP contribution < -0.4 is 0 Å². The molecule has 0 spiro atoms. The zero-order valence-electron chi connectivity index (χ0n) is 8.68. The predicted octanol–water partition coefficient (Wildman–Crippen LogP) is -0.0912. The zero-order valence-corrected chi connectivity index (χ0v) is 8.68. The number of piperidine rings is 1. The highest BCUT2D eigenvalue weighted by atomic mass is 16.4. The van der Waals surface area contributed by atoms with Gasteiger partial charge in [-0.1, -0.05) is 0 Å². The molecular formula is C9H18N2O3. The molecule has 0 aliphatic carbocycles. The van der Waals surface area contributed by atoms with E-state index in [1.54, 1.807) is 0 Å². The van der Waals surface area contributed by atoms with Crippen LogP contribution >= 0.6 is 0 Å². The van der Waals surface area contributed by atoms with Crippen molar-refractivity contribution in [2.24, 2.45) is 5.92 Å². The maximum absolute atomic E-state index is 10.7. The van der Waals surface area contributed by atoms with E-state index in [0.29, 0.717) is 19.5 Å². The minimum absolute atomic E-state index is 0.0369. The summed E-state index contributed by atoms with van der Waals surface area (Å²) in [6.07, 6.45) is -0.709. The molecule has 5 nitrogen and oxygen atoms in total. The topological polar surface area (TPSA) is 64.0 Å². The second kappa shape index (κ2) is 4.61. The van der Waals surface area contributed by atoms with Crippen LogP contribution in [0.25, 0.3) is 0 Å². The fraction of sp³-hybridized carbons (Fsp3) is 0.889. The van der Waals surface area contributed by atoms with Gasteiger partial charge in [-0.15, -0.1) is 0 Å². The number of likely N-dealkylation sites (tertiary alicyclic amines) is 1. The fourth-order valence-corrected chi connectivity index (χ4v) is 1.84. The fourth-order valence-electron chi connectivity index (χ4n) is 1.84. The normalized spacial score (nSPS) is 28.1. The molecule has 0 aromatic carbocycles. The van der Waals surface area contributed by atoms with Gasteiger partial charge in [0.05, 0.1) is 6.10 Å². The molecule has 1 aliphatic heterocycles. The lowest BCUT2D eigenvalue weighted by atomic mass is 9.94. The molecular weight excluding hydrogens is 184 g/mol. The molecule has 0 aromatic rings. The van der Waals surface area contributed by atoms with E-state index < -0.39 is 6.09 Å². The summed E-state index contributed by atoms with van der Waals surface area (Å²) < 4.78 is 0. The largest absolute Gasteiger partial charge is 0.465 e. The Bertz CT molecular complexity index is 208. The molecule has 0 radical (unpaired) electrons. The summed E-state index contributed by atoms with van der Waals surface area (Å²) in [5, 5.41) is 18.5. The highest BCUT2D eigenvalue weighted by molar-refractivity contribution is 5.65. The lowest BCUT2D eigenvalue weighted by Gasteiger charge is -2.35. The van der Waals surface area contributed by atoms with Gasteiger partial charge in [0, 0.05) is 25.6 Å². The summed E-state index contributed by atoms with van der Waals surface area (Å²) in [4.78, 5) is 14.1. The highest BCUT2D eigenvalue weighted by Gasteiger charge is 2.30. The van der Waals surface area contributed by atoms with Crippen LogP contribution in [0.1, 0.15) is 6.42 Å². The summed E-state index contributed by atoms with van der Waals surface area (Å²) >= 11 is 0. The summed E-state index contributed by atoms with van der Waals surface area (Å²) in [6, 6.07) is 0. The smallest absolute Gasteiger partial charge is 0.407 e. The van der Waals surface area contributed by atoms with Gasteiger partial charge in [-0.2, -0.15) is 0 Å². The standard InChI is InChI=1S/C9H18N2O3/c1-10(2)5-7-6-11(9(13)14)4-3-8(7)12/h7-8,12H,3-6H2,1-2H3,(H,13,14). The van der Waals surface area contributed by atoms with E-state index in [9.17, 15) is 9.90 Å². The first-order valence-electron chi connectivity index (χ1n) is 4.81. The quantitative estimate of drug-likeness (QED) is 0.657. The average Bonchev–Trinajstić information content (AvgIpc) is 2.07. The maximum Gasteiger partial charge on any atom is 0.407 e. The van der Waals surface area contributed by atoms with Crippen LogP contribution in [0.5, 0.6) is 0 Å². The summed E-state index contributed by atoms with van der Waals surface area (Å²) in [5.41, 5.74) is 0. The van der Waals surface area contributed by atoms with Crippen molar-refractivity contribution in [1.29, 1.82) is 0 Å². The minimum atomic E-state index is -0.888. The molecule has 14 heavy (non-hydrogen) atoms. The first kappa shape index (κ1) is 11.3. The van der Waals surface area contributed by atoms with Crippen molar-refractivity contribution in [3.8, 4) is 0 Å². The second-order valence-corrected chi connectivity index (χ2v) is 4.11. The van der Waals surface area contributed by atoms with Gasteiger partial charge in [0.25, 0.3) is 0 Å². The number of amides is 1. The van der Waals surface area contributed by atoms with Crippen molar-refractivity contribution in [2.45, 2.75) is 12.5 Å². The molecule has 1 amide bonds. The molecule has 0 aromatic heterocycles. The van der Waals surface area contributed by atoms with Crippen LogP contribution in [-0.4, -0.2) is 65.9 Å². The van der Waals surface area contributed by atoms with Crippen molar-refractivity contribution in [3.63, 3.8) is 0 Å². The number of nitrogens with zero attached hydrogens (tertiary/aromatic N) is 2. The van der Waals surface area contributed by atoms with E-state index >= 15 is 0 Å². The third-order valence-corrected chi connectivity index (χ3v) is 2.56. The van der Waals surface area contributed by atoms with Crippen molar-refractivity contribution < 1.29 is 15.0 Å². The molecule has 1 aliphatic rings. The molecule has 0 bridgehead atoms. The van der Waals surface area contributed by atoms with Crippen molar-refractivity contribution >= 4 is 6.09 Å². The van der Waals surface area contributed by atoms with E-state index in [-0.39, 0.29) is 12.0 Å². The monoisotopic (exact) mass is 202 g/mol. The maximum atomic E-state index is 10.7. The minimum Gasteiger partial charge on any atom is -0.465 e. The van der Waals surface area contributed by atoms with Crippen LogP contribution in [0, 0.1) is 5.92 Å². The number of hydrogen-bond acceptors (Lipinski definition) is 3. The van der Waals surface area contributed by atoms with E-state index in [0.717, 1.165) is 6.54 Å². The predicted molar refractivity (Wildman–Crippen MR) is 52.3 cm³/mol. The Morgan fingerprint density at radius 3 is 2.71 bits per heavy atom. The molecule has 2 unspecified atom stereocenters. The lowest BCUT2D eigenvalue weighted by Crippen LogP contribution is -2.48. The Hall–Kier alpha value is -0.810. The number of hydrogen-bond donors (Lipinski definition) is 2. The Morgan fingerprint density at radius 2 is 2.21 bits per heavy atom. The average molecular weight is 202 g/mol. The molecule has 82 valence electrons. The molecule has 0 saturated carbocycles. The van der Waals surface area contributed by atoms with Crippen LogP contribution in [0.2, 0.25) is 0 Å². The third-order valence-electron chi connectivity index (χ3n) is 2.56. The Labute approximate surface area is 83.9 Å². The Kier molecular flexibility index (Phi) is 3.71.